The van der Waals surface area contributed by atoms with Crippen LogP contribution in [-0.4, -0.2) is 34.1 Å². The zero-order chi connectivity index (χ0) is 17.2. The average Bonchev–Trinajstić information content (AvgIpc) is 3.33. The maximum absolute atomic E-state index is 12.6. The molecular formula is C19H19N3O2S. The molecule has 0 N–H and O–H groups in total. The first-order valence-corrected chi connectivity index (χ1v) is 9.37. The van der Waals surface area contributed by atoms with Crippen molar-refractivity contribution < 1.29 is 9.21 Å². The fraction of sp³-hybridized carbons (Fsp3) is 0.316. The number of hydrogen-bond acceptors (Lipinski definition) is 5. The highest BCUT2D eigenvalue weighted by Crippen LogP contribution is 2.30. The van der Waals surface area contributed by atoms with Crippen LogP contribution in [0.1, 0.15) is 40.6 Å². The van der Waals surface area contributed by atoms with E-state index in [0.29, 0.717) is 24.9 Å². The zero-order valence-corrected chi connectivity index (χ0v) is 14.8. The molecule has 128 valence electrons. The molecule has 1 aliphatic heterocycles. The van der Waals surface area contributed by atoms with E-state index in [4.69, 9.17) is 4.42 Å². The standard InChI is InChI=1S/C19H19N3O2S/c1-13-2-4-15(5-3-13)19(23)22-9-6-14(7-10-22)17-20-21-18(24-17)16-8-11-25-12-16/h2-5,8,11-12,14H,6-7,9-10H2,1H3. The average molecular weight is 353 g/mol. The van der Waals surface area contributed by atoms with E-state index >= 15 is 0 Å². The predicted octanol–water partition coefficient (Wildman–Crippen LogP) is 4.13. The third-order valence-electron chi connectivity index (χ3n) is 4.64. The van der Waals surface area contributed by atoms with E-state index in [9.17, 15) is 4.79 Å². The van der Waals surface area contributed by atoms with Gasteiger partial charge in [0.25, 0.3) is 5.91 Å². The van der Waals surface area contributed by atoms with Crippen LogP contribution in [-0.2, 0) is 0 Å². The van der Waals surface area contributed by atoms with Gasteiger partial charge in [-0.15, -0.1) is 10.2 Å². The fourth-order valence-electron chi connectivity index (χ4n) is 3.11. The van der Waals surface area contributed by atoms with Gasteiger partial charge in [0.2, 0.25) is 11.8 Å². The summed E-state index contributed by atoms with van der Waals surface area (Å²) >= 11 is 1.61. The maximum atomic E-state index is 12.6. The summed E-state index contributed by atoms with van der Waals surface area (Å²) in [5, 5.41) is 12.4. The van der Waals surface area contributed by atoms with Crippen molar-refractivity contribution in [2.24, 2.45) is 0 Å². The van der Waals surface area contributed by atoms with Crippen molar-refractivity contribution in [3.63, 3.8) is 0 Å². The van der Waals surface area contributed by atoms with Gasteiger partial charge >= 0.3 is 0 Å². The number of aryl methyl sites for hydroxylation is 1. The Morgan fingerprint density at radius 3 is 2.60 bits per heavy atom. The number of amides is 1. The van der Waals surface area contributed by atoms with Crippen LogP contribution in [0.2, 0.25) is 0 Å². The molecule has 6 heteroatoms. The summed E-state index contributed by atoms with van der Waals surface area (Å²) in [5.41, 5.74) is 2.88. The minimum atomic E-state index is 0.0999. The Morgan fingerprint density at radius 2 is 1.92 bits per heavy atom. The largest absolute Gasteiger partial charge is 0.420 e. The molecule has 0 aliphatic carbocycles. The van der Waals surface area contributed by atoms with Crippen molar-refractivity contribution in [1.29, 1.82) is 0 Å². The van der Waals surface area contributed by atoms with E-state index in [1.54, 1.807) is 11.3 Å². The Morgan fingerprint density at radius 1 is 1.16 bits per heavy atom. The second-order valence-electron chi connectivity index (χ2n) is 6.39. The molecule has 25 heavy (non-hydrogen) atoms. The summed E-state index contributed by atoms with van der Waals surface area (Å²) in [4.78, 5) is 14.5. The van der Waals surface area contributed by atoms with Crippen LogP contribution in [0.4, 0.5) is 0 Å². The second kappa shape index (κ2) is 6.80. The third-order valence-corrected chi connectivity index (χ3v) is 5.32. The summed E-state index contributed by atoms with van der Waals surface area (Å²) in [7, 11) is 0. The topological polar surface area (TPSA) is 59.2 Å². The number of carbonyl (C=O) groups excluding carboxylic acids is 1. The number of rotatable bonds is 3. The molecule has 0 saturated carbocycles. The van der Waals surface area contributed by atoms with Gasteiger partial charge in [-0.05, 0) is 43.3 Å². The monoisotopic (exact) mass is 353 g/mol. The molecule has 0 spiro atoms. The van der Waals surface area contributed by atoms with Crippen molar-refractivity contribution in [1.82, 2.24) is 15.1 Å². The lowest BCUT2D eigenvalue weighted by molar-refractivity contribution is 0.0706. The van der Waals surface area contributed by atoms with Crippen molar-refractivity contribution in [2.45, 2.75) is 25.7 Å². The van der Waals surface area contributed by atoms with Gasteiger partial charge in [0.15, 0.2) is 0 Å². The van der Waals surface area contributed by atoms with Crippen LogP contribution in [0.3, 0.4) is 0 Å². The van der Waals surface area contributed by atoms with Crippen molar-refractivity contribution >= 4 is 17.2 Å². The van der Waals surface area contributed by atoms with E-state index < -0.39 is 0 Å². The van der Waals surface area contributed by atoms with Crippen molar-refractivity contribution in [3.8, 4) is 11.5 Å². The number of carbonyl (C=O) groups is 1. The molecule has 0 radical (unpaired) electrons. The molecule has 0 unspecified atom stereocenters. The van der Waals surface area contributed by atoms with Crippen LogP contribution < -0.4 is 0 Å². The van der Waals surface area contributed by atoms with Crippen LogP contribution >= 0.6 is 11.3 Å². The van der Waals surface area contributed by atoms with E-state index in [1.807, 2.05) is 52.9 Å². The number of hydrogen-bond donors (Lipinski definition) is 0. The smallest absolute Gasteiger partial charge is 0.253 e. The van der Waals surface area contributed by atoms with Crippen LogP contribution in [0, 0.1) is 6.92 Å². The molecule has 1 amide bonds. The summed E-state index contributed by atoms with van der Waals surface area (Å²) in [6.07, 6.45) is 1.70. The molecule has 5 nitrogen and oxygen atoms in total. The van der Waals surface area contributed by atoms with Crippen molar-refractivity contribution in [3.05, 3.63) is 58.1 Å². The number of benzene rings is 1. The SMILES string of the molecule is Cc1ccc(C(=O)N2CCC(c3nnc(-c4ccsc4)o3)CC2)cc1. The van der Waals surface area contributed by atoms with Crippen LogP contribution in [0.5, 0.6) is 0 Å². The number of thiophene rings is 1. The normalized spacial score (nSPS) is 15.5. The molecular weight excluding hydrogens is 334 g/mol. The summed E-state index contributed by atoms with van der Waals surface area (Å²) in [6.45, 7) is 3.45. The minimum absolute atomic E-state index is 0.0999. The molecule has 2 aromatic heterocycles. The zero-order valence-electron chi connectivity index (χ0n) is 14.0. The number of aromatic nitrogens is 2. The van der Waals surface area contributed by atoms with Gasteiger partial charge in [-0.1, -0.05) is 17.7 Å². The van der Waals surface area contributed by atoms with Gasteiger partial charge in [-0.2, -0.15) is 11.3 Å². The Bertz CT molecular complexity index is 847. The molecule has 1 aliphatic rings. The first kappa shape index (κ1) is 16.0. The lowest BCUT2D eigenvalue weighted by Gasteiger charge is -2.30. The molecule has 1 fully saturated rings. The van der Waals surface area contributed by atoms with Crippen molar-refractivity contribution in [2.75, 3.05) is 13.1 Å². The molecule has 1 aromatic carbocycles. The molecule has 0 atom stereocenters. The molecule has 0 bridgehead atoms. The first-order valence-electron chi connectivity index (χ1n) is 8.42. The van der Waals surface area contributed by atoms with Crippen LogP contribution in [0.15, 0.2) is 45.5 Å². The molecule has 3 heterocycles. The van der Waals surface area contributed by atoms with Crippen LogP contribution in [0.25, 0.3) is 11.5 Å². The van der Waals surface area contributed by atoms with E-state index in [2.05, 4.69) is 10.2 Å². The molecule has 1 saturated heterocycles. The first-order chi connectivity index (χ1) is 12.2. The maximum Gasteiger partial charge on any atom is 0.253 e. The summed E-state index contributed by atoms with van der Waals surface area (Å²) < 4.78 is 5.84. The summed E-state index contributed by atoms with van der Waals surface area (Å²) in [5.74, 6) is 1.59. The lowest BCUT2D eigenvalue weighted by atomic mass is 9.96. The van der Waals surface area contributed by atoms with Gasteiger partial charge in [0, 0.05) is 35.5 Å². The third kappa shape index (κ3) is 3.35. The van der Waals surface area contributed by atoms with Gasteiger partial charge in [-0.3, -0.25) is 4.79 Å². The molecule has 3 aromatic rings. The highest BCUT2D eigenvalue weighted by Gasteiger charge is 2.28. The Hall–Kier alpha value is -2.47. The lowest BCUT2D eigenvalue weighted by Crippen LogP contribution is -2.38. The van der Waals surface area contributed by atoms with E-state index in [-0.39, 0.29) is 11.8 Å². The highest BCUT2D eigenvalue weighted by molar-refractivity contribution is 7.08. The van der Waals surface area contributed by atoms with E-state index in [0.717, 1.165) is 29.5 Å². The van der Waals surface area contributed by atoms with Gasteiger partial charge in [0.1, 0.15) is 0 Å². The number of likely N-dealkylation sites (tertiary alicyclic amines) is 1. The quantitative estimate of drug-likeness (QED) is 0.710. The Balaban J connectivity index is 1.40. The second-order valence-corrected chi connectivity index (χ2v) is 7.17. The molecule has 4 rings (SSSR count). The predicted molar refractivity (Wildman–Crippen MR) is 96.7 cm³/mol. The Labute approximate surface area is 150 Å². The van der Waals surface area contributed by atoms with Gasteiger partial charge in [0.05, 0.1) is 0 Å². The fourth-order valence-corrected chi connectivity index (χ4v) is 3.74. The number of nitrogens with zero attached hydrogens (tertiary/aromatic N) is 3. The number of piperidine rings is 1. The highest BCUT2D eigenvalue weighted by atomic mass is 32.1. The minimum Gasteiger partial charge on any atom is -0.420 e. The van der Waals surface area contributed by atoms with E-state index in [1.165, 1.54) is 0 Å². The van der Waals surface area contributed by atoms with Gasteiger partial charge < -0.3 is 9.32 Å². The van der Waals surface area contributed by atoms with Gasteiger partial charge in [-0.25, -0.2) is 0 Å². The Kier molecular flexibility index (Phi) is 4.36. The summed E-state index contributed by atoms with van der Waals surface area (Å²) in [6, 6.07) is 9.73.